The summed E-state index contributed by atoms with van der Waals surface area (Å²) in [6.07, 6.45) is -3.98. The minimum absolute atomic E-state index is 0.0616. The quantitative estimate of drug-likeness (QED) is 0.830. The number of hydrogen-bond acceptors (Lipinski definition) is 2. The summed E-state index contributed by atoms with van der Waals surface area (Å²) in [5.74, 6) is 0.0616. The molecule has 1 amide bonds. The molecule has 3 rings (SSSR count). The number of amides is 1. The van der Waals surface area contributed by atoms with Gasteiger partial charge in [0, 0.05) is 32.7 Å². The molecule has 0 N–H and O–H groups in total. The molecule has 1 aliphatic rings. The third kappa shape index (κ3) is 4.64. The molecule has 1 fully saturated rings. The summed E-state index contributed by atoms with van der Waals surface area (Å²) in [5, 5.41) is 0. The van der Waals surface area contributed by atoms with E-state index in [0.29, 0.717) is 32.6 Å². The Kier molecular flexibility index (Phi) is 5.61. The molecule has 138 valence electrons. The minimum atomic E-state index is -4.34. The molecular weight excluding hydrogens is 341 g/mol. The number of nitrogens with zero attached hydrogens (tertiary/aromatic N) is 2. The van der Waals surface area contributed by atoms with Crippen LogP contribution in [0.2, 0.25) is 0 Å². The third-order valence-electron chi connectivity index (χ3n) is 4.64. The predicted molar refractivity (Wildman–Crippen MR) is 93.4 cm³/mol. The van der Waals surface area contributed by atoms with Crippen LogP contribution >= 0.6 is 0 Å². The maximum Gasteiger partial charge on any atom is 0.416 e. The Labute approximate surface area is 151 Å². The first-order valence-electron chi connectivity index (χ1n) is 8.62. The van der Waals surface area contributed by atoms with Crippen LogP contribution in [0.5, 0.6) is 0 Å². The summed E-state index contributed by atoms with van der Waals surface area (Å²) >= 11 is 0. The second-order valence-corrected chi connectivity index (χ2v) is 6.47. The number of rotatable bonds is 4. The van der Waals surface area contributed by atoms with Gasteiger partial charge in [-0.3, -0.25) is 9.69 Å². The second kappa shape index (κ2) is 7.91. The van der Waals surface area contributed by atoms with E-state index in [1.807, 2.05) is 35.2 Å². The number of alkyl halides is 3. The molecule has 26 heavy (non-hydrogen) atoms. The van der Waals surface area contributed by atoms with Crippen LogP contribution < -0.4 is 0 Å². The molecule has 0 spiro atoms. The summed E-state index contributed by atoms with van der Waals surface area (Å²) in [5.41, 5.74) is 0.672. The highest BCUT2D eigenvalue weighted by molar-refractivity contribution is 5.78. The Morgan fingerprint density at radius 3 is 2.15 bits per heavy atom. The van der Waals surface area contributed by atoms with E-state index < -0.39 is 11.7 Å². The first-order chi connectivity index (χ1) is 12.4. The number of piperazine rings is 1. The summed E-state index contributed by atoms with van der Waals surface area (Å²) in [4.78, 5) is 16.1. The van der Waals surface area contributed by atoms with E-state index >= 15 is 0 Å². The summed E-state index contributed by atoms with van der Waals surface area (Å²) in [6, 6.07) is 15.2. The molecule has 0 aromatic heterocycles. The van der Waals surface area contributed by atoms with Gasteiger partial charge in [-0.05, 0) is 17.2 Å². The van der Waals surface area contributed by atoms with Crippen LogP contribution in [0.1, 0.15) is 16.7 Å². The molecular formula is C20H21F3N2O. The fourth-order valence-electron chi connectivity index (χ4n) is 3.21. The Morgan fingerprint density at radius 1 is 0.885 bits per heavy atom. The Bertz CT molecular complexity index is 738. The topological polar surface area (TPSA) is 23.6 Å². The van der Waals surface area contributed by atoms with Gasteiger partial charge in [0.05, 0.1) is 12.0 Å². The van der Waals surface area contributed by atoms with Crippen LogP contribution in [0, 0.1) is 0 Å². The monoisotopic (exact) mass is 362 g/mol. The van der Waals surface area contributed by atoms with Gasteiger partial charge in [0.1, 0.15) is 0 Å². The molecule has 1 heterocycles. The number of hydrogen-bond donors (Lipinski definition) is 0. The van der Waals surface area contributed by atoms with Gasteiger partial charge in [-0.1, -0.05) is 48.5 Å². The Hall–Kier alpha value is -2.34. The van der Waals surface area contributed by atoms with E-state index in [0.717, 1.165) is 11.6 Å². The van der Waals surface area contributed by atoms with Crippen LogP contribution in [-0.4, -0.2) is 41.9 Å². The minimum Gasteiger partial charge on any atom is -0.340 e. The zero-order chi connectivity index (χ0) is 18.6. The normalized spacial score (nSPS) is 15.9. The van der Waals surface area contributed by atoms with E-state index in [2.05, 4.69) is 0 Å². The second-order valence-electron chi connectivity index (χ2n) is 6.47. The molecule has 1 saturated heterocycles. The van der Waals surface area contributed by atoms with E-state index in [4.69, 9.17) is 0 Å². The first kappa shape index (κ1) is 18.5. The van der Waals surface area contributed by atoms with Gasteiger partial charge < -0.3 is 4.90 Å². The van der Waals surface area contributed by atoms with Gasteiger partial charge in [-0.15, -0.1) is 0 Å². The molecule has 2 aromatic carbocycles. The van der Waals surface area contributed by atoms with Gasteiger partial charge in [0.25, 0.3) is 0 Å². The maximum absolute atomic E-state index is 13.1. The van der Waals surface area contributed by atoms with Crippen molar-refractivity contribution < 1.29 is 18.0 Å². The van der Waals surface area contributed by atoms with Gasteiger partial charge >= 0.3 is 6.18 Å². The highest BCUT2D eigenvalue weighted by atomic mass is 19.4. The molecule has 0 radical (unpaired) electrons. The van der Waals surface area contributed by atoms with E-state index in [1.54, 1.807) is 11.0 Å². The summed E-state index contributed by atoms with van der Waals surface area (Å²) in [6.45, 7) is 2.48. The lowest BCUT2D eigenvalue weighted by Gasteiger charge is -2.35. The fraction of sp³-hybridized carbons (Fsp3) is 0.350. The summed E-state index contributed by atoms with van der Waals surface area (Å²) in [7, 11) is 0. The van der Waals surface area contributed by atoms with Crippen LogP contribution in [0.25, 0.3) is 0 Å². The zero-order valence-corrected chi connectivity index (χ0v) is 14.4. The molecule has 6 heteroatoms. The summed E-state index contributed by atoms with van der Waals surface area (Å²) < 4.78 is 39.3. The van der Waals surface area contributed by atoms with Gasteiger partial charge in [0.2, 0.25) is 5.91 Å². The lowest BCUT2D eigenvalue weighted by Crippen LogP contribution is -2.48. The largest absolute Gasteiger partial charge is 0.416 e. The fourth-order valence-corrected chi connectivity index (χ4v) is 3.21. The molecule has 0 atom stereocenters. The van der Waals surface area contributed by atoms with Crippen LogP contribution in [0.3, 0.4) is 0 Å². The van der Waals surface area contributed by atoms with Crippen molar-refractivity contribution in [1.82, 2.24) is 9.80 Å². The van der Waals surface area contributed by atoms with Crippen molar-refractivity contribution in [2.45, 2.75) is 19.1 Å². The van der Waals surface area contributed by atoms with Crippen molar-refractivity contribution in [3.63, 3.8) is 0 Å². The first-order valence-corrected chi connectivity index (χ1v) is 8.62. The van der Waals surface area contributed by atoms with Crippen molar-refractivity contribution in [2.75, 3.05) is 26.2 Å². The lowest BCUT2D eigenvalue weighted by atomic mass is 10.1. The lowest BCUT2D eigenvalue weighted by molar-refractivity contribution is -0.138. The number of carbonyl (C=O) groups excluding carboxylic acids is 1. The van der Waals surface area contributed by atoms with Crippen molar-refractivity contribution >= 4 is 5.91 Å². The average Bonchev–Trinajstić information content (AvgIpc) is 2.63. The smallest absolute Gasteiger partial charge is 0.340 e. The van der Waals surface area contributed by atoms with Gasteiger partial charge in [-0.2, -0.15) is 13.2 Å². The highest BCUT2D eigenvalue weighted by Crippen LogP contribution is 2.32. The van der Waals surface area contributed by atoms with Crippen LogP contribution in [0.15, 0.2) is 54.6 Å². The molecule has 3 nitrogen and oxygen atoms in total. The average molecular weight is 362 g/mol. The number of benzene rings is 2. The standard InChI is InChI=1S/C20H21F3N2O/c21-20(22,23)18-9-5-4-8-17(18)15-24-10-12-25(13-11-24)19(26)14-16-6-2-1-3-7-16/h1-9H,10-15H2. The van der Waals surface area contributed by atoms with E-state index in [-0.39, 0.29) is 18.0 Å². The highest BCUT2D eigenvalue weighted by Gasteiger charge is 2.33. The van der Waals surface area contributed by atoms with Crippen molar-refractivity contribution in [3.05, 3.63) is 71.3 Å². The zero-order valence-electron chi connectivity index (χ0n) is 14.4. The molecule has 0 unspecified atom stereocenters. The van der Waals surface area contributed by atoms with Crippen LogP contribution in [0.4, 0.5) is 13.2 Å². The van der Waals surface area contributed by atoms with Crippen molar-refractivity contribution in [3.8, 4) is 0 Å². The number of halogens is 3. The SMILES string of the molecule is O=C(Cc1ccccc1)N1CCN(Cc2ccccc2C(F)(F)F)CC1. The van der Waals surface area contributed by atoms with Gasteiger partial charge in [0.15, 0.2) is 0 Å². The van der Waals surface area contributed by atoms with E-state index in [9.17, 15) is 18.0 Å². The Morgan fingerprint density at radius 2 is 1.50 bits per heavy atom. The van der Waals surface area contributed by atoms with Crippen LogP contribution in [-0.2, 0) is 23.9 Å². The third-order valence-corrected chi connectivity index (χ3v) is 4.64. The predicted octanol–water partition coefficient (Wildman–Crippen LogP) is 3.59. The van der Waals surface area contributed by atoms with E-state index in [1.165, 1.54) is 12.1 Å². The maximum atomic E-state index is 13.1. The number of carbonyl (C=O) groups is 1. The molecule has 2 aromatic rings. The van der Waals surface area contributed by atoms with Crippen molar-refractivity contribution in [1.29, 1.82) is 0 Å². The molecule has 0 bridgehead atoms. The van der Waals surface area contributed by atoms with Gasteiger partial charge in [-0.25, -0.2) is 0 Å². The van der Waals surface area contributed by atoms with Crippen molar-refractivity contribution in [2.24, 2.45) is 0 Å². The molecule has 1 aliphatic heterocycles. The Balaban J connectivity index is 1.55. The molecule has 0 saturated carbocycles. The molecule has 0 aliphatic carbocycles.